The SMILES string of the molecule is Bc1nc(C#CC)c(C(C)C)cc1C. The minimum Gasteiger partial charge on any atom is -0.255 e. The molecule has 0 saturated heterocycles. The zero-order valence-electron chi connectivity index (χ0n) is 9.60. The Bertz CT molecular complexity index is 397. The maximum absolute atomic E-state index is 4.51. The van der Waals surface area contributed by atoms with E-state index in [-0.39, 0.29) is 0 Å². The average Bonchev–Trinajstić information content (AvgIpc) is 2.11. The fourth-order valence-corrected chi connectivity index (χ4v) is 1.39. The van der Waals surface area contributed by atoms with Crippen molar-refractivity contribution in [2.45, 2.75) is 33.6 Å². The van der Waals surface area contributed by atoms with Gasteiger partial charge in [-0.05, 0) is 42.4 Å². The van der Waals surface area contributed by atoms with Crippen molar-refractivity contribution in [1.82, 2.24) is 4.98 Å². The molecule has 14 heavy (non-hydrogen) atoms. The molecule has 1 aromatic rings. The van der Waals surface area contributed by atoms with Gasteiger partial charge in [-0.15, -0.1) is 0 Å². The molecule has 0 fully saturated rings. The third-order valence-electron chi connectivity index (χ3n) is 2.36. The van der Waals surface area contributed by atoms with E-state index in [2.05, 4.69) is 43.7 Å². The Labute approximate surface area is 87.4 Å². The molecule has 0 unspecified atom stereocenters. The van der Waals surface area contributed by atoms with Gasteiger partial charge in [-0.25, -0.2) is 0 Å². The van der Waals surface area contributed by atoms with Crippen LogP contribution in [0.5, 0.6) is 0 Å². The summed E-state index contributed by atoms with van der Waals surface area (Å²) >= 11 is 0. The molecule has 0 radical (unpaired) electrons. The standard InChI is InChI=1S/C12H16BN/c1-5-6-11-10(8(2)3)7-9(4)12(13)14-11/h7-8H,13H2,1-4H3. The molecular weight excluding hydrogens is 169 g/mol. The first-order chi connectivity index (χ1) is 6.56. The molecule has 0 aromatic carbocycles. The lowest BCUT2D eigenvalue weighted by Gasteiger charge is -2.10. The summed E-state index contributed by atoms with van der Waals surface area (Å²) in [6, 6.07) is 2.20. The summed E-state index contributed by atoms with van der Waals surface area (Å²) in [5.41, 5.74) is 4.51. The molecule has 0 aliphatic carbocycles. The van der Waals surface area contributed by atoms with Gasteiger partial charge in [0, 0.05) is 0 Å². The molecule has 0 saturated carbocycles. The van der Waals surface area contributed by atoms with E-state index in [1.807, 2.05) is 14.8 Å². The van der Waals surface area contributed by atoms with E-state index in [1.165, 1.54) is 11.1 Å². The maximum Gasteiger partial charge on any atom is 0.164 e. The third-order valence-corrected chi connectivity index (χ3v) is 2.36. The van der Waals surface area contributed by atoms with Crippen LogP contribution in [0.4, 0.5) is 0 Å². The molecule has 1 heterocycles. The highest BCUT2D eigenvalue weighted by Gasteiger charge is 2.08. The van der Waals surface area contributed by atoms with E-state index < -0.39 is 0 Å². The van der Waals surface area contributed by atoms with Crippen LogP contribution in [0.15, 0.2) is 6.07 Å². The quantitative estimate of drug-likeness (QED) is 0.472. The van der Waals surface area contributed by atoms with Crippen LogP contribution in [-0.2, 0) is 0 Å². The lowest BCUT2D eigenvalue weighted by atomic mass is 9.92. The summed E-state index contributed by atoms with van der Waals surface area (Å²) in [6.07, 6.45) is 0. The van der Waals surface area contributed by atoms with Crippen LogP contribution >= 0.6 is 0 Å². The van der Waals surface area contributed by atoms with Gasteiger partial charge in [0.25, 0.3) is 0 Å². The zero-order chi connectivity index (χ0) is 10.7. The molecule has 1 aromatic heterocycles. The van der Waals surface area contributed by atoms with E-state index in [0.717, 1.165) is 11.3 Å². The van der Waals surface area contributed by atoms with Crippen LogP contribution in [-0.4, -0.2) is 12.8 Å². The second kappa shape index (κ2) is 4.33. The van der Waals surface area contributed by atoms with Crippen LogP contribution in [0, 0.1) is 18.8 Å². The fourth-order valence-electron chi connectivity index (χ4n) is 1.39. The molecule has 0 amide bonds. The number of pyridine rings is 1. The van der Waals surface area contributed by atoms with Gasteiger partial charge in [-0.2, -0.15) is 0 Å². The molecule has 0 N–H and O–H groups in total. The monoisotopic (exact) mass is 185 g/mol. The van der Waals surface area contributed by atoms with Gasteiger partial charge in [-0.3, -0.25) is 4.98 Å². The summed E-state index contributed by atoms with van der Waals surface area (Å²) in [6.45, 7) is 8.29. The van der Waals surface area contributed by atoms with Crippen molar-refractivity contribution in [3.8, 4) is 11.8 Å². The molecule has 0 aliphatic heterocycles. The largest absolute Gasteiger partial charge is 0.255 e. The van der Waals surface area contributed by atoms with Gasteiger partial charge in [0.2, 0.25) is 0 Å². The first-order valence-corrected chi connectivity index (χ1v) is 4.97. The summed E-state index contributed by atoms with van der Waals surface area (Å²) in [4.78, 5) is 4.51. The van der Waals surface area contributed by atoms with Gasteiger partial charge >= 0.3 is 0 Å². The van der Waals surface area contributed by atoms with Gasteiger partial charge in [0.15, 0.2) is 7.85 Å². The Morgan fingerprint density at radius 2 is 2.07 bits per heavy atom. The number of hydrogen-bond donors (Lipinski definition) is 0. The van der Waals surface area contributed by atoms with Crippen LogP contribution in [0.2, 0.25) is 0 Å². The van der Waals surface area contributed by atoms with Crippen molar-refractivity contribution in [2.24, 2.45) is 0 Å². The van der Waals surface area contributed by atoms with E-state index in [1.54, 1.807) is 0 Å². The molecule has 1 rings (SSSR count). The van der Waals surface area contributed by atoms with Crippen LogP contribution in [0.25, 0.3) is 0 Å². The smallest absolute Gasteiger partial charge is 0.164 e. The third kappa shape index (κ3) is 2.17. The second-order valence-corrected chi connectivity index (χ2v) is 3.86. The van der Waals surface area contributed by atoms with Crippen LogP contribution in [0.3, 0.4) is 0 Å². The fraction of sp³-hybridized carbons (Fsp3) is 0.417. The topological polar surface area (TPSA) is 12.9 Å². The Morgan fingerprint density at radius 3 is 2.57 bits per heavy atom. The minimum absolute atomic E-state index is 0.484. The van der Waals surface area contributed by atoms with E-state index in [0.29, 0.717) is 5.92 Å². The molecule has 0 aliphatic rings. The van der Waals surface area contributed by atoms with Crippen molar-refractivity contribution in [2.75, 3.05) is 0 Å². The molecule has 0 bridgehead atoms. The maximum atomic E-state index is 4.51. The number of aryl methyl sites for hydroxylation is 1. The van der Waals surface area contributed by atoms with Crippen LogP contribution < -0.4 is 5.59 Å². The van der Waals surface area contributed by atoms with E-state index in [9.17, 15) is 0 Å². The number of nitrogens with zero attached hydrogens (tertiary/aromatic N) is 1. The summed E-state index contributed by atoms with van der Waals surface area (Å²) in [7, 11) is 2.03. The highest BCUT2D eigenvalue weighted by Crippen LogP contribution is 2.17. The predicted octanol–water partition coefficient (Wildman–Crippen LogP) is 1.14. The predicted molar refractivity (Wildman–Crippen MR) is 63.8 cm³/mol. The molecule has 72 valence electrons. The van der Waals surface area contributed by atoms with Gasteiger partial charge < -0.3 is 0 Å². The van der Waals surface area contributed by atoms with E-state index >= 15 is 0 Å². The summed E-state index contributed by atoms with van der Waals surface area (Å²) in [5.74, 6) is 6.46. The first kappa shape index (κ1) is 10.9. The highest BCUT2D eigenvalue weighted by molar-refractivity contribution is 6.31. The Balaban J connectivity index is 3.36. The van der Waals surface area contributed by atoms with Gasteiger partial charge in [-0.1, -0.05) is 25.8 Å². The Hall–Kier alpha value is -1.23. The van der Waals surface area contributed by atoms with E-state index in [4.69, 9.17) is 0 Å². The Morgan fingerprint density at radius 1 is 1.43 bits per heavy atom. The van der Waals surface area contributed by atoms with Crippen molar-refractivity contribution < 1.29 is 0 Å². The molecule has 1 nitrogen and oxygen atoms in total. The van der Waals surface area contributed by atoms with Gasteiger partial charge in [0.05, 0.1) is 0 Å². The zero-order valence-corrected chi connectivity index (χ0v) is 9.60. The minimum atomic E-state index is 0.484. The second-order valence-electron chi connectivity index (χ2n) is 3.86. The van der Waals surface area contributed by atoms with Crippen LogP contribution in [0.1, 0.15) is 43.5 Å². The Kier molecular flexibility index (Phi) is 3.35. The summed E-state index contributed by atoms with van der Waals surface area (Å²) in [5, 5.41) is 0. The average molecular weight is 185 g/mol. The molecule has 0 atom stereocenters. The van der Waals surface area contributed by atoms with Crippen molar-refractivity contribution in [1.29, 1.82) is 0 Å². The van der Waals surface area contributed by atoms with Crippen molar-refractivity contribution in [3.05, 3.63) is 22.9 Å². The molecule has 0 spiro atoms. The number of aromatic nitrogens is 1. The number of hydrogen-bond acceptors (Lipinski definition) is 1. The first-order valence-electron chi connectivity index (χ1n) is 4.97. The molecule has 2 heteroatoms. The highest BCUT2D eigenvalue weighted by atomic mass is 14.7. The number of rotatable bonds is 1. The van der Waals surface area contributed by atoms with Crippen molar-refractivity contribution >= 4 is 13.4 Å². The van der Waals surface area contributed by atoms with Gasteiger partial charge in [0.1, 0.15) is 5.69 Å². The normalized spacial score (nSPS) is 9.79. The van der Waals surface area contributed by atoms with Crippen molar-refractivity contribution in [3.63, 3.8) is 0 Å². The summed E-state index contributed by atoms with van der Waals surface area (Å²) < 4.78 is 0. The molecular formula is C12H16BN. The lowest BCUT2D eigenvalue weighted by molar-refractivity contribution is 0.852. The lowest BCUT2D eigenvalue weighted by Crippen LogP contribution is -2.16.